The molecule has 0 saturated carbocycles. The molecule has 2 amide bonds. The maximum absolute atomic E-state index is 12.2. The van der Waals surface area contributed by atoms with Crippen LogP contribution in [0.1, 0.15) is 23.2 Å². The number of hydrogen-bond donors (Lipinski definition) is 1. The highest BCUT2D eigenvalue weighted by atomic mass is 16.2. The molecule has 1 aromatic rings. The number of hydrogen-bond acceptors (Lipinski definition) is 4. The minimum Gasteiger partial charge on any atom is -0.312 e. The van der Waals surface area contributed by atoms with Crippen LogP contribution in [0.5, 0.6) is 0 Å². The molecule has 2 aliphatic rings. The Kier molecular flexibility index (Phi) is 4.40. The zero-order chi connectivity index (χ0) is 15.5. The minimum absolute atomic E-state index is 0.0937. The van der Waals surface area contributed by atoms with Crippen LogP contribution in [0.3, 0.4) is 0 Å². The van der Waals surface area contributed by atoms with E-state index in [1.54, 1.807) is 17.0 Å². The third kappa shape index (κ3) is 3.28. The molecule has 1 aromatic carbocycles. The first-order valence-electron chi connectivity index (χ1n) is 7.78. The Balaban J connectivity index is 1.60. The van der Waals surface area contributed by atoms with E-state index in [2.05, 4.69) is 17.4 Å². The second-order valence-electron chi connectivity index (χ2n) is 5.93. The van der Waals surface area contributed by atoms with Gasteiger partial charge in [0.1, 0.15) is 0 Å². The number of amides is 2. The first-order valence-corrected chi connectivity index (χ1v) is 7.78. The Labute approximate surface area is 130 Å². The van der Waals surface area contributed by atoms with Crippen molar-refractivity contribution in [1.82, 2.24) is 15.3 Å². The average Bonchev–Trinajstić information content (AvgIpc) is 2.96. The van der Waals surface area contributed by atoms with Gasteiger partial charge in [-0.25, -0.2) is 5.01 Å². The molecule has 3 rings (SSSR count). The maximum atomic E-state index is 12.2. The fourth-order valence-electron chi connectivity index (χ4n) is 2.84. The van der Waals surface area contributed by atoms with Crippen LogP contribution >= 0.6 is 0 Å². The van der Waals surface area contributed by atoms with Gasteiger partial charge < -0.3 is 9.80 Å². The van der Waals surface area contributed by atoms with Crippen molar-refractivity contribution in [3.05, 3.63) is 29.8 Å². The number of piperazine rings is 1. The van der Waals surface area contributed by atoms with E-state index in [4.69, 9.17) is 0 Å². The van der Waals surface area contributed by atoms with E-state index < -0.39 is 0 Å². The Bertz CT molecular complexity index is 550. The molecule has 118 valence electrons. The molecule has 6 heteroatoms. The first kappa shape index (κ1) is 15.0. The predicted octanol–water partition coefficient (Wildman–Crippen LogP) is 0.706. The van der Waals surface area contributed by atoms with Crippen LogP contribution in [0.2, 0.25) is 0 Å². The summed E-state index contributed by atoms with van der Waals surface area (Å²) in [6, 6.07) is 7.27. The number of anilines is 1. The Morgan fingerprint density at radius 2 is 1.73 bits per heavy atom. The smallest absolute Gasteiger partial charge is 0.265 e. The Morgan fingerprint density at radius 3 is 2.32 bits per heavy atom. The molecule has 0 bridgehead atoms. The summed E-state index contributed by atoms with van der Waals surface area (Å²) in [5.74, 6) is 0.0680. The van der Waals surface area contributed by atoms with Gasteiger partial charge in [-0.3, -0.25) is 15.0 Å². The van der Waals surface area contributed by atoms with Crippen LogP contribution < -0.4 is 10.3 Å². The number of likely N-dealkylation sites (N-methyl/N-ethyl adjacent to an activating group) is 1. The lowest BCUT2D eigenvalue weighted by Crippen LogP contribution is -2.52. The third-order valence-electron chi connectivity index (χ3n) is 4.28. The molecule has 0 radical (unpaired) electrons. The molecule has 2 heterocycles. The number of carbonyl (C=O) groups is 2. The summed E-state index contributed by atoms with van der Waals surface area (Å²) in [5.41, 5.74) is 4.43. The van der Waals surface area contributed by atoms with Gasteiger partial charge in [0.05, 0.1) is 0 Å². The molecule has 0 aromatic heterocycles. The van der Waals surface area contributed by atoms with Gasteiger partial charge in [-0.05, 0) is 37.7 Å². The molecular weight excluding hydrogens is 280 g/mol. The summed E-state index contributed by atoms with van der Waals surface area (Å²) in [6.07, 6.45) is 1.52. The molecule has 6 nitrogen and oxygen atoms in total. The zero-order valence-electron chi connectivity index (χ0n) is 12.9. The fourth-order valence-corrected chi connectivity index (χ4v) is 2.84. The van der Waals surface area contributed by atoms with Crippen molar-refractivity contribution in [3.8, 4) is 0 Å². The molecule has 2 fully saturated rings. The summed E-state index contributed by atoms with van der Waals surface area (Å²) >= 11 is 0. The monoisotopic (exact) mass is 302 g/mol. The quantitative estimate of drug-likeness (QED) is 0.893. The van der Waals surface area contributed by atoms with Crippen molar-refractivity contribution < 1.29 is 9.59 Å². The van der Waals surface area contributed by atoms with Crippen LogP contribution in [0.4, 0.5) is 5.69 Å². The summed E-state index contributed by atoms with van der Waals surface area (Å²) in [4.78, 5) is 28.0. The molecule has 1 N–H and O–H groups in total. The Hall–Kier alpha value is -1.92. The number of carbonyl (C=O) groups excluding carboxylic acids is 2. The molecule has 0 unspecified atom stereocenters. The van der Waals surface area contributed by atoms with Crippen LogP contribution in [-0.4, -0.2) is 61.5 Å². The molecule has 0 aliphatic carbocycles. The van der Waals surface area contributed by atoms with Crippen LogP contribution in [-0.2, 0) is 4.79 Å². The van der Waals surface area contributed by atoms with Crippen molar-refractivity contribution in [2.24, 2.45) is 0 Å². The lowest BCUT2D eigenvalue weighted by atomic mass is 10.2. The van der Waals surface area contributed by atoms with Gasteiger partial charge in [-0.15, -0.1) is 0 Å². The van der Waals surface area contributed by atoms with E-state index in [0.717, 1.165) is 44.8 Å². The highest BCUT2D eigenvalue weighted by Gasteiger charge is 2.22. The highest BCUT2D eigenvalue weighted by Crippen LogP contribution is 2.21. The summed E-state index contributed by atoms with van der Waals surface area (Å²) in [7, 11) is 2.08. The SMILES string of the molecule is CN1CCN(NC(=O)c2ccc(N3CCCC3=O)cc2)CC1. The van der Waals surface area contributed by atoms with E-state index in [1.807, 2.05) is 17.1 Å². The van der Waals surface area contributed by atoms with Gasteiger partial charge >= 0.3 is 0 Å². The average molecular weight is 302 g/mol. The van der Waals surface area contributed by atoms with E-state index in [1.165, 1.54) is 0 Å². The Morgan fingerprint density at radius 1 is 1.05 bits per heavy atom. The highest BCUT2D eigenvalue weighted by molar-refractivity contribution is 5.97. The van der Waals surface area contributed by atoms with Crippen molar-refractivity contribution >= 4 is 17.5 Å². The number of rotatable bonds is 3. The van der Waals surface area contributed by atoms with E-state index in [-0.39, 0.29) is 11.8 Å². The van der Waals surface area contributed by atoms with Crippen LogP contribution in [0, 0.1) is 0 Å². The molecule has 0 spiro atoms. The molecule has 2 saturated heterocycles. The zero-order valence-corrected chi connectivity index (χ0v) is 12.9. The fraction of sp³-hybridized carbons (Fsp3) is 0.500. The van der Waals surface area contributed by atoms with E-state index in [9.17, 15) is 9.59 Å². The maximum Gasteiger partial charge on any atom is 0.265 e. The predicted molar refractivity (Wildman–Crippen MR) is 84.6 cm³/mol. The van der Waals surface area contributed by atoms with Gasteiger partial charge in [-0.2, -0.15) is 0 Å². The van der Waals surface area contributed by atoms with Crippen molar-refractivity contribution in [2.45, 2.75) is 12.8 Å². The lowest BCUT2D eigenvalue weighted by molar-refractivity contribution is -0.117. The summed E-state index contributed by atoms with van der Waals surface area (Å²) in [5, 5.41) is 1.96. The second kappa shape index (κ2) is 6.46. The van der Waals surface area contributed by atoms with Crippen molar-refractivity contribution in [2.75, 3.05) is 44.7 Å². The standard InChI is InChI=1S/C16H22N4O2/c1-18-9-11-19(12-10-18)17-16(22)13-4-6-14(7-5-13)20-8-2-3-15(20)21/h4-7H,2-3,8-12H2,1H3,(H,17,22). The van der Waals surface area contributed by atoms with Gasteiger partial charge in [0, 0.05) is 50.4 Å². The molecule has 22 heavy (non-hydrogen) atoms. The normalized spacial score (nSPS) is 20.4. The summed E-state index contributed by atoms with van der Waals surface area (Å²) in [6.45, 7) is 4.35. The van der Waals surface area contributed by atoms with Gasteiger partial charge in [-0.1, -0.05) is 0 Å². The first-order chi connectivity index (χ1) is 10.6. The number of benzene rings is 1. The number of hydrazine groups is 1. The van der Waals surface area contributed by atoms with Gasteiger partial charge in [0.2, 0.25) is 5.91 Å². The van der Waals surface area contributed by atoms with Crippen LogP contribution in [0.25, 0.3) is 0 Å². The van der Waals surface area contributed by atoms with Gasteiger partial charge in [0.15, 0.2) is 0 Å². The topological polar surface area (TPSA) is 55.9 Å². The molecular formula is C16H22N4O2. The van der Waals surface area contributed by atoms with Crippen molar-refractivity contribution in [3.63, 3.8) is 0 Å². The van der Waals surface area contributed by atoms with E-state index in [0.29, 0.717) is 12.0 Å². The summed E-state index contributed by atoms with van der Waals surface area (Å²) < 4.78 is 0. The molecule has 2 aliphatic heterocycles. The lowest BCUT2D eigenvalue weighted by Gasteiger charge is -2.32. The molecule has 0 atom stereocenters. The van der Waals surface area contributed by atoms with Crippen molar-refractivity contribution in [1.29, 1.82) is 0 Å². The van der Waals surface area contributed by atoms with Crippen LogP contribution in [0.15, 0.2) is 24.3 Å². The van der Waals surface area contributed by atoms with E-state index >= 15 is 0 Å². The second-order valence-corrected chi connectivity index (χ2v) is 5.93. The number of nitrogens with zero attached hydrogens (tertiary/aromatic N) is 3. The number of nitrogens with one attached hydrogen (secondary N) is 1. The largest absolute Gasteiger partial charge is 0.312 e. The van der Waals surface area contributed by atoms with Gasteiger partial charge in [0.25, 0.3) is 5.91 Å². The minimum atomic E-state index is -0.0937. The third-order valence-corrected chi connectivity index (χ3v) is 4.28.